The summed E-state index contributed by atoms with van der Waals surface area (Å²) in [5.74, 6) is -4.82. The molecular formula is C11H7F5S. The Morgan fingerprint density at radius 2 is 1.71 bits per heavy atom. The normalized spacial score (nSPS) is 13.3. The van der Waals surface area contributed by atoms with Crippen molar-refractivity contribution in [2.45, 2.75) is 19.0 Å². The molecule has 0 aliphatic rings. The Morgan fingerprint density at radius 1 is 1.06 bits per heavy atom. The van der Waals surface area contributed by atoms with E-state index < -0.39 is 17.7 Å². The summed E-state index contributed by atoms with van der Waals surface area (Å²) in [5.41, 5.74) is -0.971. The maximum atomic E-state index is 13.3. The SMILES string of the molecule is Cc1scc2cccc(C(F)(F)C(F)(F)F)c12. The van der Waals surface area contributed by atoms with E-state index in [-0.39, 0.29) is 5.39 Å². The molecule has 1 heterocycles. The van der Waals surface area contributed by atoms with Gasteiger partial charge in [0, 0.05) is 15.8 Å². The molecule has 0 amide bonds. The number of benzene rings is 1. The van der Waals surface area contributed by atoms with Crippen LogP contribution in [0.1, 0.15) is 10.4 Å². The first kappa shape index (κ1) is 12.3. The largest absolute Gasteiger partial charge is 0.458 e. The summed E-state index contributed by atoms with van der Waals surface area (Å²) in [7, 11) is 0. The molecule has 0 fully saturated rings. The smallest absolute Gasteiger partial charge is 0.191 e. The second kappa shape index (κ2) is 3.66. The van der Waals surface area contributed by atoms with Crippen molar-refractivity contribution in [3.8, 4) is 0 Å². The first-order chi connectivity index (χ1) is 7.75. The zero-order chi connectivity index (χ0) is 12.8. The van der Waals surface area contributed by atoms with Gasteiger partial charge in [-0.25, -0.2) is 0 Å². The van der Waals surface area contributed by atoms with Crippen molar-refractivity contribution in [1.82, 2.24) is 0 Å². The Morgan fingerprint density at radius 3 is 2.29 bits per heavy atom. The van der Waals surface area contributed by atoms with Gasteiger partial charge in [0.2, 0.25) is 0 Å². The number of alkyl halides is 5. The van der Waals surface area contributed by atoms with E-state index in [1.54, 1.807) is 5.38 Å². The third kappa shape index (κ3) is 1.80. The van der Waals surface area contributed by atoms with Crippen LogP contribution in [0.15, 0.2) is 23.6 Å². The maximum absolute atomic E-state index is 13.3. The van der Waals surface area contributed by atoms with Gasteiger partial charge < -0.3 is 0 Å². The molecule has 0 bridgehead atoms. The molecule has 0 atom stereocenters. The average Bonchev–Trinajstić information content (AvgIpc) is 2.59. The molecular weight excluding hydrogens is 259 g/mol. The Balaban J connectivity index is 2.75. The van der Waals surface area contributed by atoms with Gasteiger partial charge in [0.1, 0.15) is 0 Å². The van der Waals surface area contributed by atoms with Crippen LogP contribution in [0.3, 0.4) is 0 Å². The Kier molecular flexibility index (Phi) is 2.65. The summed E-state index contributed by atoms with van der Waals surface area (Å²) >= 11 is 1.16. The van der Waals surface area contributed by atoms with Crippen LogP contribution in [0.4, 0.5) is 22.0 Å². The lowest BCUT2D eigenvalue weighted by Crippen LogP contribution is -2.33. The zero-order valence-electron chi connectivity index (χ0n) is 8.61. The van der Waals surface area contributed by atoms with Crippen molar-refractivity contribution in [3.63, 3.8) is 0 Å². The summed E-state index contributed by atoms with van der Waals surface area (Å²) in [4.78, 5) is 0.458. The van der Waals surface area contributed by atoms with Gasteiger partial charge in [0.25, 0.3) is 0 Å². The number of hydrogen-bond donors (Lipinski definition) is 0. The predicted octanol–water partition coefficient (Wildman–Crippen LogP) is 4.86. The van der Waals surface area contributed by atoms with E-state index in [0.717, 1.165) is 17.4 Å². The quantitative estimate of drug-likeness (QED) is 0.646. The van der Waals surface area contributed by atoms with Gasteiger partial charge in [-0.15, -0.1) is 11.3 Å². The highest BCUT2D eigenvalue weighted by atomic mass is 32.1. The summed E-state index contributed by atoms with van der Waals surface area (Å²) in [6, 6.07) is 3.56. The molecule has 2 rings (SSSR count). The standard InChI is InChI=1S/C11H7F5S/c1-6-9-7(5-17-6)3-2-4-8(9)10(12,13)11(14,15)16/h2-5H,1H3. The third-order valence-electron chi connectivity index (χ3n) is 2.51. The number of rotatable bonds is 1. The highest BCUT2D eigenvalue weighted by molar-refractivity contribution is 7.11. The fourth-order valence-corrected chi connectivity index (χ4v) is 2.53. The minimum Gasteiger partial charge on any atom is -0.191 e. The molecule has 0 saturated heterocycles. The highest BCUT2D eigenvalue weighted by Crippen LogP contribution is 2.47. The summed E-state index contributed by atoms with van der Waals surface area (Å²) in [5, 5.41) is 1.98. The van der Waals surface area contributed by atoms with E-state index in [4.69, 9.17) is 0 Å². The number of halogens is 5. The Hall–Kier alpha value is -1.17. The van der Waals surface area contributed by atoms with Gasteiger partial charge in [-0.1, -0.05) is 18.2 Å². The van der Waals surface area contributed by atoms with Gasteiger partial charge in [-0.3, -0.25) is 0 Å². The van der Waals surface area contributed by atoms with E-state index in [1.165, 1.54) is 19.1 Å². The van der Waals surface area contributed by atoms with Crippen LogP contribution in [0, 0.1) is 6.92 Å². The van der Waals surface area contributed by atoms with Crippen LogP contribution in [0.25, 0.3) is 10.8 Å². The fraction of sp³-hybridized carbons (Fsp3) is 0.273. The Bertz CT molecular complexity index is 552. The monoisotopic (exact) mass is 266 g/mol. The molecule has 2 aromatic rings. The summed E-state index contributed by atoms with van der Waals surface area (Å²) in [6.45, 7) is 1.53. The zero-order valence-corrected chi connectivity index (χ0v) is 9.42. The van der Waals surface area contributed by atoms with Crippen LogP contribution in [-0.2, 0) is 5.92 Å². The molecule has 0 aliphatic heterocycles. The molecule has 6 heteroatoms. The third-order valence-corrected chi connectivity index (χ3v) is 3.44. The molecule has 0 aliphatic carbocycles. The minimum absolute atomic E-state index is 0.000162. The molecule has 0 nitrogen and oxygen atoms in total. The number of hydrogen-bond acceptors (Lipinski definition) is 1. The van der Waals surface area contributed by atoms with Gasteiger partial charge >= 0.3 is 12.1 Å². The predicted molar refractivity (Wildman–Crippen MR) is 56.5 cm³/mol. The van der Waals surface area contributed by atoms with Crippen LogP contribution < -0.4 is 0 Å². The van der Waals surface area contributed by atoms with Crippen molar-refractivity contribution in [2.75, 3.05) is 0 Å². The molecule has 0 spiro atoms. The topological polar surface area (TPSA) is 0 Å². The highest BCUT2D eigenvalue weighted by Gasteiger charge is 2.59. The van der Waals surface area contributed by atoms with Gasteiger partial charge in [0.15, 0.2) is 0 Å². The van der Waals surface area contributed by atoms with Crippen molar-refractivity contribution < 1.29 is 22.0 Å². The molecule has 0 N–H and O–H groups in total. The second-order valence-electron chi connectivity index (χ2n) is 3.63. The summed E-state index contributed by atoms with van der Waals surface area (Å²) in [6.07, 6.45) is -5.57. The minimum atomic E-state index is -5.57. The van der Waals surface area contributed by atoms with E-state index >= 15 is 0 Å². The van der Waals surface area contributed by atoms with Crippen LogP contribution in [0.5, 0.6) is 0 Å². The van der Waals surface area contributed by atoms with E-state index in [0.29, 0.717) is 10.3 Å². The van der Waals surface area contributed by atoms with Crippen molar-refractivity contribution in [1.29, 1.82) is 0 Å². The first-order valence-corrected chi connectivity index (χ1v) is 5.55. The maximum Gasteiger partial charge on any atom is 0.458 e. The molecule has 1 aromatic heterocycles. The molecule has 0 unspecified atom stereocenters. The van der Waals surface area contributed by atoms with Crippen molar-refractivity contribution >= 4 is 22.1 Å². The van der Waals surface area contributed by atoms with Crippen LogP contribution in [0.2, 0.25) is 0 Å². The first-order valence-electron chi connectivity index (χ1n) is 4.67. The molecule has 0 saturated carbocycles. The van der Waals surface area contributed by atoms with E-state index in [2.05, 4.69) is 0 Å². The molecule has 92 valence electrons. The van der Waals surface area contributed by atoms with Gasteiger partial charge in [0.05, 0.1) is 0 Å². The fourth-order valence-electron chi connectivity index (χ4n) is 1.69. The number of thiophene rings is 1. The molecule has 1 aromatic carbocycles. The lowest BCUT2D eigenvalue weighted by Gasteiger charge is -2.21. The molecule has 17 heavy (non-hydrogen) atoms. The molecule has 0 radical (unpaired) electrons. The van der Waals surface area contributed by atoms with Crippen molar-refractivity contribution in [2.24, 2.45) is 0 Å². The van der Waals surface area contributed by atoms with E-state index in [1.807, 2.05) is 0 Å². The average molecular weight is 266 g/mol. The van der Waals surface area contributed by atoms with Crippen molar-refractivity contribution in [3.05, 3.63) is 34.0 Å². The summed E-state index contributed by atoms with van der Waals surface area (Å²) < 4.78 is 63.7. The lowest BCUT2D eigenvalue weighted by molar-refractivity contribution is -0.288. The lowest BCUT2D eigenvalue weighted by atomic mass is 10.0. The Labute approximate surface area is 97.7 Å². The van der Waals surface area contributed by atoms with Crippen LogP contribution >= 0.6 is 11.3 Å². The second-order valence-corrected chi connectivity index (χ2v) is 4.72. The van der Waals surface area contributed by atoms with E-state index in [9.17, 15) is 22.0 Å². The van der Waals surface area contributed by atoms with Gasteiger partial charge in [-0.2, -0.15) is 22.0 Å². The number of aryl methyl sites for hydroxylation is 1. The number of fused-ring (bicyclic) bond motifs is 1. The van der Waals surface area contributed by atoms with Crippen LogP contribution in [-0.4, -0.2) is 6.18 Å². The van der Waals surface area contributed by atoms with Gasteiger partial charge in [-0.05, 0) is 17.7 Å².